The average Bonchev–Trinajstić information content (AvgIpc) is 3.34. The van der Waals surface area contributed by atoms with Crippen molar-refractivity contribution >= 4 is 17.2 Å². The molecule has 1 unspecified atom stereocenters. The van der Waals surface area contributed by atoms with E-state index in [9.17, 15) is 4.79 Å². The zero-order valence-corrected chi connectivity index (χ0v) is 14.4. The van der Waals surface area contributed by atoms with E-state index in [1.54, 1.807) is 23.7 Å². The van der Waals surface area contributed by atoms with Gasteiger partial charge in [0.1, 0.15) is 11.9 Å². The number of H-pyrrole nitrogens is 1. The number of aromatic amines is 1. The summed E-state index contributed by atoms with van der Waals surface area (Å²) in [4.78, 5) is 19.6. The molecule has 0 radical (unpaired) electrons. The molecule has 7 heteroatoms. The highest BCUT2D eigenvalue weighted by Crippen LogP contribution is 2.24. The first-order valence-electron chi connectivity index (χ1n) is 8.25. The molecule has 1 atom stereocenters. The number of pyridine rings is 1. The number of hydrogen-bond donors (Lipinski definition) is 1. The number of nitrogens with zero attached hydrogens (tertiary/aromatic N) is 3. The van der Waals surface area contributed by atoms with Crippen LogP contribution in [0.4, 0.5) is 0 Å². The van der Waals surface area contributed by atoms with E-state index >= 15 is 0 Å². The van der Waals surface area contributed by atoms with E-state index in [0.717, 1.165) is 35.7 Å². The number of likely N-dealkylation sites (tertiary alicyclic amines) is 1. The van der Waals surface area contributed by atoms with Crippen LogP contribution in [0.3, 0.4) is 0 Å². The van der Waals surface area contributed by atoms with Crippen LogP contribution >= 0.6 is 11.3 Å². The van der Waals surface area contributed by atoms with Crippen LogP contribution in [0.15, 0.2) is 48.1 Å². The number of carbonyl (C=O) groups is 1. The minimum absolute atomic E-state index is 0.00388. The first-order chi connectivity index (χ1) is 12.3. The molecule has 25 heavy (non-hydrogen) atoms. The summed E-state index contributed by atoms with van der Waals surface area (Å²) in [6.07, 6.45) is 5.26. The number of carbonyl (C=O) groups excluding carboxylic acids is 1. The maximum Gasteiger partial charge on any atom is 0.274 e. The van der Waals surface area contributed by atoms with Crippen molar-refractivity contribution in [3.05, 3.63) is 53.8 Å². The highest BCUT2D eigenvalue weighted by Gasteiger charge is 2.27. The summed E-state index contributed by atoms with van der Waals surface area (Å²) < 4.78 is 5.98. The van der Waals surface area contributed by atoms with Crippen molar-refractivity contribution in [3.63, 3.8) is 0 Å². The lowest BCUT2D eigenvalue weighted by atomic mass is 10.1. The Morgan fingerprint density at radius 3 is 3.00 bits per heavy atom. The van der Waals surface area contributed by atoms with Gasteiger partial charge < -0.3 is 9.64 Å². The number of thiophene rings is 1. The molecule has 1 fully saturated rings. The Labute approximate surface area is 149 Å². The second-order valence-electron chi connectivity index (χ2n) is 5.96. The summed E-state index contributed by atoms with van der Waals surface area (Å²) >= 11 is 1.62. The van der Waals surface area contributed by atoms with Crippen LogP contribution in [0.5, 0.6) is 5.75 Å². The van der Waals surface area contributed by atoms with Crippen molar-refractivity contribution in [3.8, 4) is 16.3 Å². The van der Waals surface area contributed by atoms with Gasteiger partial charge in [-0.1, -0.05) is 6.07 Å². The normalized spacial score (nSPS) is 17.4. The third kappa shape index (κ3) is 3.56. The molecule has 0 aliphatic carbocycles. The second-order valence-corrected chi connectivity index (χ2v) is 6.91. The lowest BCUT2D eigenvalue weighted by Crippen LogP contribution is -2.44. The van der Waals surface area contributed by atoms with E-state index in [2.05, 4.69) is 15.2 Å². The fourth-order valence-corrected chi connectivity index (χ4v) is 3.67. The molecule has 0 aromatic carbocycles. The van der Waals surface area contributed by atoms with Crippen molar-refractivity contribution in [2.45, 2.75) is 18.9 Å². The molecule has 1 saturated heterocycles. The number of piperidine rings is 1. The average molecular weight is 354 g/mol. The van der Waals surface area contributed by atoms with Gasteiger partial charge in [0.25, 0.3) is 5.91 Å². The quantitative estimate of drug-likeness (QED) is 0.781. The van der Waals surface area contributed by atoms with Gasteiger partial charge in [-0.2, -0.15) is 5.10 Å². The van der Waals surface area contributed by atoms with Crippen molar-refractivity contribution in [2.24, 2.45) is 0 Å². The topological polar surface area (TPSA) is 71.1 Å². The molecule has 128 valence electrons. The SMILES string of the molecule is O=C(c1cc(-c2cccs2)[nH]n1)N1CCCC(Oc2ccncc2)C1. The monoisotopic (exact) mass is 354 g/mol. The Bertz CT molecular complexity index is 832. The first kappa shape index (κ1) is 15.8. The van der Waals surface area contributed by atoms with Gasteiger partial charge in [-0.25, -0.2) is 0 Å². The molecule has 4 rings (SSSR count). The first-order valence-corrected chi connectivity index (χ1v) is 9.13. The van der Waals surface area contributed by atoms with E-state index in [0.29, 0.717) is 12.2 Å². The fourth-order valence-electron chi connectivity index (χ4n) is 2.98. The molecule has 1 amide bonds. The molecule has 4 heterocycles. The van der Waals surface area contributed by atoms with Gasteiger partial charge in [-0.05, 0) is 42.5 Å². The summed E-state index contributed by atoms with van der Waals surface area (Å²) in [5, 5.41) is 9.15. The zero-order chi connectivity index (χ0) is 17.1. The molecule has 1 aliphatic rings. The van der Waals surface area contributed by atoms with Crippen LogP contribution in [0.25, 0.3) is 10.6 Å². The Kier molecular flexibility index (Phi) is 4.47. The summed E-state index contributed by atoms with van der Waals surface area (Å²) in [6.45, 7) is 1.30. The van der Waals surface area contributed by atoms with Gasteiger partial charge in [-0.3, -0.25) is 14.9 Å². The van der Waals surface area contributed by atoms with Crippen molar-refractivity contribution in [1.82, 2.24) is 20.1 Å². The van der Waals surface area contributed by atoms with Crippen molar-refractivity contribution in [1.29, 1.82) is 0 Å². The van der Waals surface area contributed by atoms with E-state index in [1.165, 1.54) is 0 Å². The van der Waals surface area contributed by atoms with Crippen LogP contribution in [0.1, 0.15) is 23.3 Å². The second kappa shape index (κ2) is 7.06. The number of rotatable bonds is 4. The van der Waals surface area contributed by atoms with Gasteiger partial charge in [0.15, 0.2) is 5.69 Å². The molecule has 1 aliphatic heterocycles. The van der Waals surface area contributed by atoms with Gasteiger partial charge in [-0.15, -0.1) is 11.3 Å². The molecule has 0 saturated carbocycles. The number of aromatic nitrogens is 3. The van der Waals surface area contributed by atoms with Crippen LogP contribution in [0.2, 0.25) is 0 Å². The smallest absolute Gasteiger partial charge is 0.274 e. The summed E-state index contributed by atoms with van der Waals surface area (Å²) in [5.74, 6) is 0.733. The summed E-state index contributed by atoms with van der Waals surface area (Å²) in [6, 6.07) is 9.48. The van der Waals surface area contributed by atoms with E-state index in [1.807, 2.05) is 40.6 Å². The highest BCUT2D eigenvalue weighted by atomic mass is 32.1. The molecule has 6 nitrogen and oxygen atoms in total. The Balaban J connectivity index is 1.43. The van der Waals surface area contributed by atoms with Gasteiger partial charge in [0.05, 0.1) is 17.1 Å². The van der Waals surface area contributed by atoms with E-state index < -0.39 is 0 Å². The maximum absolute atomic E-state index is 12.8. The Hall–Kier alpha value is -2.67. The molecular weight excluding hydrogens is 336 g/mol. The highest BCUT2D eigenvalue weighted by molar-refractivity contribution is 7.13. The van der Waals surface area contributed by atoms with Crippen LogP contribution in [-0.2, 0) is 0 Å². The zero-order valence-electron chi connectivity index (χ0n) is 13.6. The lowest BCUT2D eigenvalue weighted by Gasteiger charge is -2.32. The molecule has 3 aromatic rings. The van der Waals surface area contributed by atoms with E-state index in [4.69, 9.17) is 4.74 Å². The molecule has 0 bridgehead atoms. The van der Waals surface area contributed by atoms with Crippen LogP contribution in [-0.4, -0.2) is 45.2 Å². The predicted molar refractivity (Wildman–Crippen MR) is 95.7 cm³/mol. The Morgan fingerprint density at radius 2 is 2.20 bits per heavy atom. The fraction of sp³-hybridized carbons (Fsp3) is 0.278. The van der Waals surface area contributed by atoms with Gasteiger partial charge in [0.2, 0.25) is 0 Å². The number of hydrogen-bond acceptors (Lipinski definition) is 5. The molecule has 0 spiro atoms. The standard InChI is InChI=1S/C18H18N4O2S/c23-18(16-11-15(20-21-16)17-4-2-10-25-17)22-9-1-3-14(12-22)24-13-5-7-19-8-6-13/h2,4-8,10-11,14H,1,3,9,12H2,(H,20,21). The number of ether oxygens (including phenoxy) is 1. The lowest BCUT2D eigenvalue weighted by molar-refractivity contribution is 0.0532. The van der Waals surface area contributed by atoms with Gasteiger partial charge >= 0.3 is 0 Å². The maximum atomic E-state index is 12.8. The minimum Gasteiger partial charge on any atom is -0.488 e. The minimum atomic E-state index is -0.0536. The third-order valence-electron chi connectivity index (χ3n) is 4.20. The summed E-state index contributed by atoms with van der Waals surface area (Å²) in [5.41, 5.74) is 1.33. The summed E-state index contributed by atoms with van der Waals surface area (Å²) in [7, 11) is 0. The van der Waals surface area contributed by atoms with Gasteiger partial charge in [0, 0.05) is 18.9 Å². The van der Waals surface area contributed by atoms with Crippen molar-refractivity contribution in [2.75, 3.05) is 13.1 Å². The predicted octanol–water partition coefficient (Wildman–Crippen LogP) is 3.22. The molecule has 1 N–H and O–H groups in total. The Morgan fingerprint density at radius 1 is 1.32 bits per heavy atom. The van der Waals surface area contributed by atoms with Crippen molar-refractivity contribution < 1.29 is 9.53 Å². The van der Waals surface area contributed by atoms with E-state index in [-0.39, 0.29) is 12.0 Å². The van der Waals surface area contributed by atoms with Crippen LogP contribution in [0, 0.1) is 0 Å². The number of amides is 1. The third-order valence-corrected chi connectivity index (χ3v) is 5.10. The van der Waals surface area contributed by atoms with Crippen LogP contribution < -0.4 is 4.74 Å². The largest absolute Gasteiger partial charge is 0.488 e. The molecular formula is C18H18N4O2S. The number of nitrogens with one attached hydrogen (secondary N) is 1. The molecule has 3 aromatic heterocycles.